The molecule has 0 aromatic heterocycles. The van der Waals surface area contributed by atoms with E-state index in [1.165, 1.54) is 12.1 Å². The minimum absolute atomic E-state index is 0.162. The van der Waals surface area contributed by atoms with Gasteiger partial charge in [-0.3, -0.25) is 0 Å². The Kier molecular flexibility index (Phi) is 4.28. The number of sulfonamides is 1. The fourth-order valence-corrected chi connectivity index (χ4v) is 2.66. The van der Waals surface area contributed by atoms with E-state index >= 15 is 0 Å². The Morgan fingerprint density at radius 2 is 2.20 bits per heavy atom. The summed E-state index contributed by atoms with van der Waals surface area (Å²) in [4.78, 5) is 1.55. The van der Waals surface area contributed by atoms with Gasteiger partial charge in [0.1, 0.15) is 5.82 Å². The van der Waals surface area contributed by atoms with Crippen LogP contribution < -0.4 is 15.8 Å². The zero-order valence-electron chi connectivity index (χ0n) is 11.1. The zero-order valence-corrected chi connectivity index (χ0v) is 11.9. The molecule has 112 valence electrons. The third-order valence-electron chi connectivity index (χ3n) is 3.27. The van der Waals surface area contributed by atoms with Gasteiger partial charge in [-0.15, -0.1) is 0 Å². The Balaban J connectivity index is 2.25. The number of nitrogens with zero attached hydrogens (tertiary/aromatic N) is 1. The zero-order chi connectivity index (χ0) is 14.9. The lowest BCUT2D eigenvalue weighted by Gasteiger charge is -2.36. The number of hydrogen-bond acceptors (Lipinski definition) is 5. The van der Waals surface area contributed by atoms with Crippen LogP contribution in [0.5, 0.6) is 0 Å². The quantitative estimate of drug-likeness (QED) is 0.820. The molecule has 1 aliphatic heterocycles. The maximum atomic E-state index is 14.1. The third-order valence-corrected chi connectivity index (χ3v) is 4.18. The van der Waals surface area contributed by atoms with Crippen LogP contribution >= 0.6 is 0 Å². The molecule has 0 aliphatic carbocycles. The molecule has 2 rings (SSSR count). The predicted molar refractivity (Wildman–Crippen MR) is 73.4 cm³/mol. The Hall–Kier alpha value is -1.22. The van der Waals surface area contributed by atoms with E-state index in [9.17, 15) is 12.8 Å². The average Bonchev–Trinajstić information content (AvgIpc) is 2.37. The summed E-state index contributed by atoms with van der Waals surface area (Å²) in [6.45, 7) is 3.26. The van der Waals surface area contributed by atoms with Gasteiger partial charge in [-0.25, -0.2) is 17.9 Å². The number of hydrogen-bond donors (Lipinski definition) is 2. The van der Waals surface area contributed by atoms with Gasteiger partial charge in [0.2, 0.25) is 10.0 Å². The van der Waals surface area contributed by atoms with Crippen molar-refractivity contribution in [2.24, 2.45) is 10.9 Å². The number of morpholine rings is 1. The van der Waals surface area contributed by atoms with Crippen LogP contribution in [0, 0.1) is 5.82 Å². The molecule has 2 unspecified atom stereocenters. The molecule has 4 N–H and O–H groups in total. The van der Waals surface area contributed by atoms with Crippen LogP contribution in [0.2, 0.25) is 0 Å². The lowest BCUT2D eigenvalue weighted by molar-refractivity contribution is 0.0274. The number of halogens is 1. The van der Waals surface area contributed by atoms with Crippen molar-refractivity contribution in [1.82, 2.24) is 0 Å². The van der Waals surface area contributed by atoms with E-state index in [1.54, 1.807) is 4.90 Å². The number of rotatable bonds is 3. The second kappa shape index (κ2) is 5.65. The minimum atomic E-state index is -3.90. The molecule has 8 heteroatoms. The fraction of sp³-hybridized carbons (Fsp3) is 0.500. The summed E-state index contributed by atoms with van der Waals surface area (Å²) in [6, 6.07) is 3.48. The van der Waals surface area contributed by atoms with Crippen LogP contribution in [0.15, 0.2) is 23.1 Å². The number of anilines is 1. The molecule has 0 spiro atoms. The number of primary sulfonamides is 1. The van der Waals surface area contributed by atoms with Crippen LogP contribution in [0.1, 0.15) is 6.92 Å². The number of ether oxygens (including phenoxy) is 1. The summed E-state index contributed by atoms with van der Waals surface area (Å²) in [7, 11) is -3.90. The second-order valence-corrected chi connectivity index (χ2v) is 6.43. The molecule has 0 bridgehead atoms. The van der Waals surface area contributed by atoms with E-state index in [2.05, 4.69) is 0 Å². The first-order valence-electron chi connectivity index (χ1n) is 6.23. The van der Waals surface area contributed by atoms with Gasteiger partial charge in [0.05, 0.1) is 23.3 Å². The topological polar surface area (TPSA) is 98.6 Å². The first kappa shape index (κ1) is 15.2. The molecule has 0 saturated carbocycles. The second-order valence-electron chi connectivity index (χ2n) is 4.87. The molecule has 1 fully saturated rings. The highest BCUT2D eigenvalue weighted by Crippen LogP contribution is 2.24. The van der Waals surface area contributed by atoms with Crippen LogP contribution in [-0.4, -0.2) is 40.3 Å². The highest BCUT2D eigenvalue weighted by atomic mass is 32.2. The summed E-state index contributed by atoms with van der Waals surface area (Å²) in [5.74, 6) is -0.623. The van der Waals surface area contributed by atoms with Gasteiger partial charge < -0.3 is 15.4 Å². The molecular weight excluding hydrogens is 285 g/mol. The van der Waals surface area contributed by atoms with Gasteiger partial charge in [0.25, 0.3) is 0 Å². The molecule has 1 heterocycles. The Morgan fingerprint density at radius 3 is 2.75 bits per heavy atom. The SMILES string of the molecule is CC(N)C1CN(c2ccc(S(N)(=O)=O)cc2F)CCO1. The molecule has 1 aliphatic rings. The van der Waals surface area contributed by atoms with Gasteiger partial charge in [-0.05, 0) is 25.1 Å². The molecule has 6 nitrogen and oxygen atoms in total. The summed E-state index contributed by atoms with van der Waals surface area (Å²) in [5.41, 5.74) is 6.11. The van der Waals surface area contributed by atoms with Gasteiger partial charge in [-0.1, -0.05) is 0 Å². The molecule has 0 radical (unpaired) electrons. The van der Waals surface area contributed by atoms with E-state index in [0.29, 0.717) is 25.4 Å². The van der Waals surface area contributed by atoms with Crippen molar-refractivity contribution in [2.75, 3.05) is 24.6 Å². The fourth-order valence-electron chi connectivity index (χ4n) is 2.13. The molecule has 1 saturated heterocycles. The van der Waals surface area contributed by atoms with Gasteiger partial charge in [0, 0.05) is 19.1 Å². The van der Waals surface area contributed by atoms with Crippen molar-refractivity contribution in [3.63, 3.8) is 0 Å². The summed E-state index contributed by atoms with van der Waals surface area (Å²) >= 11 is 0. The molecule has 2 atom stereocenters. The lowest BCUT2D eigenvalue weighted by Crippen LogP contribution is -2.49. The maximum Gasteiger partial charge on any atom is 0.238 e. The summed E-state index contributed by atoms with van der Waals surface area (Å²) in [5, 5.41) is 4.97. The standard InChI is InChI=1S/C12H18FN3O3S/c1-8(14)12-7-16(4-5-19-12)11-3-2-9(6-10(11)13)20(15,17)18/h2-3,6,8,12H,4-5,7,14H2,1H3,(H2,15,17,18). The van der Waals surface area contributed by atoms with Gasteiger partial charge in [-0.2, -0.15) is 0 Å². The smallest absolute Gasteiger partial charge is 0.238 e. The first-order chi connectivity index (χ1) is 9.29. The van der Waals surface area contributed by atoms with Gasteiger partial charge >= 0.3 is 0 Å². The van der Waals surface area contributed by atoms with E-state index in [1.807, 2.05) is 6.92 Å². The van der Waals surface area contributed by atoms with Crippen molar-refractivity contribution in [3.8, 4) is 0 Å². The van der Waals surface area contributed by atoms with Crippen molar-refractivity contribution in [1.29, 1.82) is 0 Å². The molecule has 1 aromatic carbocycles. The normalized spacial score (nSPS) is 21.8. The predicted octanol–water partition coefficient (Wildman–Crippen LogP) is 0.0255. The minimum Gasteiger partial charge on any atom is -0.373 e. The van der Waals surface area contributed by atoms with E-state index < -0.39 is 15.8 Å². The highest BCUT2D eigenvalue weighted by Gasteiger charge is 2.25. The highest BCUT2D eigenvalue weighted by molar-refractivity contribution is 7.89. The van der Waals surface area contributed by atoms with Crippen molar-refractivity contribution >= 4 is 15.7 Å². The molecule has 1 aromatic rings. The van der Waals surface area contributed by atoms with Crippen molar-refractivity contribution < 1.29 is 17.5 Å². The summed E-state index contributed by atoms with van der Waals surface area (Å²) < 4.78 is 41.9. The van der Waals surface area contributed by atoms with E-state index in [0.717, 1.165) is 6.07 Å². The molecule has 0 amide bonds. The van der Waals surface area contributed by atoms with Crippen LogP contribution in [0.25, 0.3) is 0 Å². The largest absolute Gasteiger partial charge is 0.373 e. The van der Waals surface area contributed by atoms with Gasteiger partial charge in [0.15, 0.2) is 0 Å². The third kappa shape index (κ3) is 3.26. The van der Waals surface area contributed by atoms with Crippen molar-refractivity contribution in [2.45, 2.75) is 24.0 Å². The Bertz CT molecular complexity index is 592. The first-order valence-corrected chi connectivity index (χ1v) is 7.78. The molecular formula is C12H18FN3O3S. The average molecular weight is 303 g/mol. The Labute approximate surface area is 117 Å². The van der Waals surface area contributed by atoms with Crippen LogP contribution in [0.4, 0.5) is 10.1 Å². The van der Waals surface area contributed by atoms with Crippen molar-refractivity contribution in [3.05, 3.63) is 24.0 Å². The Morgan fingerprint density at radius 1 is 1.50 bits per heavy atom. The van der Waals surface area contributed by atoms with E-state index in [-0.39, 0.29) is 17.0 Å². The lowest BCUT2D eigenvalue weighted by atomic mass is 10.1. The molecule has 20 heavy (non-hydrogen) atoms. The van der Waals surface area contributed by atoms with Crippen LogP contribution in [0.3, 0.4) is 0 Å². The monoisotopic (exact) mass is 303 g/mol. The number of benzene rings is 1. The maximum absolute atomic E-state index is 14.1. The van der Waals surface area contributed by atoms with E-state index in [4.69, 9.17) is 15.6 Å². The van der Waals surface area contributed by atoms with Crippen LogP contribution in [-0.2, 0) is 14.8 Å². The number of nitrogens with two attached hydrogens (primary N) is 2. The summed E-state index contributed by atoms with van der Waals surface area (Å²) in [6.07, 6.45) is -0.180.